The highest BCUT2D eigenvalue weighted by atomic mass is 16.5. The highest BCUT2D eigenvalue weighted by molar-refractivity contribution is 5.43. The quantitative estimate of drug-likeness (QED) is 0.391. The molecule has 2 atom stereocenters. The minimum Gasteiger partial charge on any atom is -0.439 e. The molecule has 0 unspecified atom stereocenters. The molecular formula is C28H37N3O3. The molecule has 4 rings (SSSR count). The van der Waals surface area contributed by atoms with Gasteiger partial charge in [0.25, 0.3) is 0 Å². The average Bonchev–Trinajstić information content (AvgIpc) is 3.48. The van der Waals surface area contributed by atoms with E-state index in [1.807, 2.05) is 65.3 Å². The highest BCUT2D eigenvalue weighted by Gasteiger charge is 2.26. The monoisotopic (exact) mass is 463 g/mol. The average molecular weight is 464 g/mol. The summed E-state index contributed by atoms with van der Waals surface area (Å²) >= 11 is 0. The molecule has 6 heteroatoms. The van der Waals surface area contributed by atoms with Gasteiger partial charge in [0.15, 0.2) is 0 Å². The Morgan fingerprint density at radius 1 is 1.12 bits per heavy atom. The van der Waals surface area contributed by atoms with Crippen LogP contribution >= 0.6 is 0 Å². The predicted molar refractivity (Wildman–Crippen MR) is 135 cm³/mol. The van der Waals surface area contributed by atoms with E-state index in [-0.39, 0.29) is 12.2 Å². The van der Waals surface area contributed by atoms with Gasteiger partial charge in [-0.2, -0.15) is 5.10 Å². The Kier molecular flexibility index (Phi) is 8.74. The summed E-state index contributed by atoms with van der Waals surface area (Å²) in [5.74, 6) is 1.51. The maximum Gasteiger partial charge on any atom is 0.227 e. The minimum atomic E-state index is -0.362. The maximum atomic E-state index is 10.7. The molecule has 0 spiro atoms. The number of hydrogen-bond acceptors (Lipinski definition) is 5. The molecular weight excluding hydrogens is 426 g/mol. The van der Waals surface area contributed by atoms with E-state index in [1.165, 1.54) is 0 Å². The van der Waals surface area contributed by atoms with Crippen LogP contribution in [0.3, 0.4) is 0 Å². The lowest BCUT2D eigenvalue weighted by Crippen LogP contribution is -2.37. The molecule has 34 heavy (non-hydrogen) atoms. The highest BCUT2D eigenvalue weighted by Crippen LogP contribution is 2.32. The van der Waals surface area contributed by atoms with Crippen LogP contribution in [0.5, 0.6) is 11.6 Å². The Balaban J connectivity index is 1.70. The summed E-state index contributed by atoms with van der Waals surface area (Å²) in [5.41, 5.74) is 3.04. The van der Waals surface area contributed by atoms with Crippen molar-refractivity contribution in [1.82, 2.24) is 14.7 Å². The van der Waals surface area contributed by atoms with Gasteiger partial charge in [0.1, 0.15) is 5.75 Å². The minimum absolute atomic E-state index is 0.210. The zero-order valence-electron chi connectivity index (χ0n) is 20.4. The number of hydrogen-bond donors (Lipinski definition) is 1. The third-order valence-electron chi connectivity index (χ3n) is 6.27. The first-order chi connectivity index (χ1) is 16.7. The van der Waals surface area contributed by atoms with Crippen LogP contribution in [0.15, 0.2) is 60.7 Å². The number of para-hydroxylation sites is 2. The number of rotatable bonds is 12. The summed E-state index contributed by atoms with van der Waals surface area (Å²) < 4.78 is 14.3. The third kappa shape index (κ3) is 6.26. The number of aromatic nitrogens is 2. The molecule has 1 aliphatic heterocycles. The Morgan fingerprint density at radius 2 is 1.85 bits per heavy atom. The fourth-order valence-corrected chi connectivity index (χ4v) is 4.60. The maximum absolute atomic E-state index is 10.7. The Bertz CT molecular complexity index is 1000. The van der Waals surface area contributed by atoms with E-state index in [9.17, 15) is 5.11 Å². The van der Waals surface area contributed by atoms with Gasteiger partial charge in [0.2, 0.25) is 5.88 Å². The van der Waals surface area contributed by atoms with Crippen LogP contribution in [0.1, 0.15) is 50.8 Å². The van der Waals surface area contributed by atoms with Gasteiger partial charge in [-0.3, -0.25) is 4.90 Å². The molecule has 1 N–H and O–H groups in total. The number of aliphatic hydroxyl groups is 1. The summed E-state index contributed by atoms with van der Waals surface area (Å²) in [6.07, 6.45) is 4.57. The van der Waals surface area contributed by atoms with Crippen molar-refractivity contribution in [3.8, 4) is 17.3 Å². The van der Waals surface area contributed by atoms with E-state index >= 15 is 0 Å². The lowest BCUT2D eigenvalue weighted by Gasteiger charge is -2.27. The van der Waals surface area contributed by atoms with Gasteiger partial charge in [-0.05, 0) is 49.9 Å². The number of aliphatic hydroxyl groups excluding tert-OH is 1. The lowest BCUT2D eigenvalue weighted by molar-refractivity contribution is 0.0437. The molecule has 0 aliphatic carbocycles. The van der Waals surface area contributed by atoms with Crippen molar-refractivity contribution in [2.24, 2.45) is 0 Å². The first-order valence-corrected chi connectivity index (χ1v) is 12.6. The fraction of sp³-hybridized carbons (Fsp3) is 0.464. The second-order valence-corrected chi connectivity index (χ2v) is 9.02. The smallest absolute Gasteiger partial charge is 0.227 e. The van der Waals surface area contributed by atoms with Crippen LogP contribution in [0.25, 0.3) is 5.69 Å². The fourth-order valence-electron chi connectivity index (χ4n) is 4.60. The van der Waals surface area contributed by atoms with Crippen LogP contribution in [0, 0.1) is 0 Å². The molecule has 1 aromatic heterocycles. The van der Waals surface area contributed by atoms with E-state index in [0.717, 1.165) is 73.8 Å². The molecule has 3 aromatic rings. The SMILES string of the molecule is CCC[C@@H](O)CN(Cc1c(CC)nn(-c2ccccc2)c1Oc1ccccc1)C[C@@H]1CCCO1. The molecule has 1 aliphatic rings. The topological polar surface area (TPSA) is 59.8 Å². The van der Waals surface area contributed by atoms with E-state index in [4.69, 9.17) is 14.6 Å². The Morgan fingerprint density at radius 3 is 2.50 bits per heavy atom. The molecule has 2 heterocycles. The molecule has 0 saturated carbocycles. The number of aryl methyl sites for hydroxylation is 1. The van der Waals surface area contributed by atoms with Gasteiger partial charge < -0.3 is 14.6 Å². The Labute approximate surface area is 203 Å². The van der Waals surface area contributed by atoms with E-state index in [1.54, 1.807) is 0 Å². The summed E-state index contributed by atoms with van der Waals surface area (Å²) in [6.45, 7) is 7.12. The van der Waals surface area contributed by atoms with Crippen molar-refractivity contribution in [2.45, 2.75) is 64.7 Å². The molecule has 0 radical (unpaired) electrons. The number of nitrogens with zero attached hydrogens (tertiary/aromatic N) is 3. The van der Waals surface area contributed by atoms with Gasteiger partial charge in [-0.15, -0.1) is 0 Å². The van der Waals surface area contributed by atoms with E-state index in [2.05, 4.69) is 18.7 Å². The Hall–Kier alpha value is -2.67. The molecule has 1 saturated heterocycles. The standard InChI is InChI=1S/C28H37N3O3/c1-3-12-23(32)19-30(20-25-17-11-18-33-25)21-26-27(4-2)29-31(22-13-7-5-8-14-22)28(26)34-24-15-9-6-10-16-24/h5-10,13-16,23,25,32H,3-4,11-12,17-21H2,1-2H3/t23-,25+/m1/s1. The zero-order valence-corrected chi connectivity index (χ0v) is 20.4. The van der Waals surface area contributed by atoms with Crippen LogP contribution in [-0.2, 0) is 17.7 Å². The number of ether oxygens (including phenoxy) is 2. The van der Waals surface area contributed by atoms with Crippen molar-refractivity contribution in [2.75, 3.05) is 19.7 Å². The normalized spacial score (nSPS) is 16.8. The first-order valence-electron chi connectivity index (χ1n) is 12.6. The summed E-state index contributed by atoms with van der Waals surface area (Å²) in [5, 5.41) is 15.6. The second-order valence-electron chi connectivity index (χ2n) is 9.02. The molecule has 6 nitrogen and oxygen atoms in total. The van der Waals surface area contributed by atoms with Crippen LogP contribution in [0.4, 0.5) is 0 Å². The van der Waals surface area contributed by atoms with Crippen molar-refractivity contribution in [1.29, 1.82) is 0 Å². The van der Waals surface area contributed by atoms with Crippen molar-refractivity contribution >= 4 is 0 Å². The second kappa shape index (κ2) is 12.2. The largest absolute Gasteiger partial charge is 0.439 e. The summed E-state index contributed by atoms with van der Waals surface area (Å²) in [6, 6.07) is 20.0. The van der Waals surface area contributed by atoms with Crippen LogP contribution in [0.2, 0.25) is 0 Å². The third-order valence-corrected chi connectivity index (χ3v) is 6.27. The van der Waals surface area contributed by atoms with Gasteiger partial charge in [0, 0.05) is 26.2 Å². The van der Waals surface area contributed by atoms with E-state index < -0.39 is 0 Å². The van der Waals surface area contributed by atoms with Crippen LogP contribution in [-0.4, -0.2) is 51.7 Å². The van der Waals surface area contributed by atoms with E-state index in [0.29, 0.717) is 13.1 Å². The molecule has 182 valence electrons. The van der Waals surface area contributed by atoms with Gasteiger partial charge in [-0.1, -0.05) is 56.7 Å². The van der Waals surface area contributed by atoms with Gasteiger partial charge in [-0.25, -0.2) is 4.68 Å². The van der Waals surface area contributed by atoms with Gasteiger partial charge in [0.05, 0.1) is 29.2 Å². The van der Waals surface area contributed by atoms with Crippen LogP contribution < -0.4 is 4.74 Å². The summed E-state index contributed by atoms with van der Waals surface area (Å²) in [7, 11) is 0. The summed E-state index contributed by atoms with van der Waals surface area (Å²) in [4.78, 5) is 2.32. The van der Waals surface area contributed by atoms with Crippen molar-refractivity contribution < 1.29 is 14.6 Å². The molecule has 0 bridgehead atoms. The van der Waals surface area contributed by atoms with Crippen molar-refractivity contribution in [3.05, 3.63) is 71.9 Å². The zero-order chi connectivity index (χ0) is 23.8. The first kappa shape index (κ1) is 24.5. The number of benzene rings is 2. The predicted octanol–water partition coefficient (Wildman–Crippen LogP) is 5.37. The van der Waals surface area contributed by atoms with Gasteiger partial charge >= 0.3 is 0 Å². The molecule has 2 aromatic carbocycles. The lowest BCUT2D eigenvalue weighted by atomic mass is 10.1. The molecule has 0 amide bonds. The molecule has 1 fully saturated rings. The van der Waals surface area contributed by atoms with Crippen molar-refractivity contribution in [3.63, 3.8) is 0 Å².